The monoisotopic (exact) mass is 369 g/mol. The van der Waals surface area contributed by atoms with Gasteiger partial charge in [0, 0.05) is 11.3 Å². The van der Waals surface area contributed by atoms with Crippen LogP contribution in [0.2, 0.25) is 0 Å². The third-order valence-electron chi connectivity index (χ3n) is 4.01. The summed E-state index contributed by atoms with van der Waals surface area (Å²) in [5.74, 6) is 1.37. The zero-order chi connectivity index (χ0) is 19.8. The lowest BCUT2D eigenvalue weighted by molar-refractivity contribution is 0.0954. The lowest BCUT2D eigenvalue weighted by atomic mass is 10.1. The lowest BCUT2D eigenvalue weighted by Crippen LogP contribution is -2.19. The van der Waals surface area contributed by atoms with Crippen molar-refractivity contribution >= 4 is 17.3 Å². The molecule has 0 heterocycles. The number of carbonyl (C=O) groups is 1. The largest absolute Gasteiger partial charge is 0.493 e. The zero-order valence-electron chi connectivity index (χ0n) is 16.3. The minimum absolute atomic E-state index is 0.328. The van der Waals surface area contributed by atoms with E-state index in [0.29, 0.717) is 41.0 Å². The maximum absolute atomic E-state index is 12.4. The molecule has 27 heavy (non-hydrogen) atoms. The van der Waals surface area contributed by atoms with E-state index in [9.17, 15) is 4.79 Å². The second-order valence-corrected chi connectivity index (χ2v) is 6.66. The summed E-state index contributed by atoms with van der Waals surface area (Å²) in [4.78, 5) is 12.4. The number of anilines is 1. The van der Waals surface area contributed by atoms with Crippen molar-refractivity contribution in [1.29, 1.82) is 0 Å². The third kappa shape index (κ3) is 6.02. The molecule has 0 radical (unpaired) electrons. The minimum atomic E-state index is -0.328. The zero-order valence-corrected chi connectivity index (χ0v) is 16.3. The smallest absolute Gasteiger partial charge is 0.271 e. The molecule has 0 fully saturated rings. The quantitative estimate of drug-likeness (QED) is 0.420. The highest BCUT2D eigenvalue weighted by atomic mass is 16.5. The first-order chi connectivity index (χ1) is 12.9. The highest BCUT2D eigenvalue weighted by Crippen LogP contribution is 2.28. The fraction of sp³-hybridized carbons (Fsp3) is 0.333. The number of amides is 1. The van der Waals surface area contributed by atoms with E-state index in [1.807, 2.05) is 12.1 Å². The first-order valence-corrected chi connectivity index (χ1v) is 8.92. The van der Waals surface area contributed by atoms with E-state index in [1.165, 1.54) is 0 Å². The molecule has 0 unspecified atom stereocenters. The van der Waals surface area contributed by atoms with E-state index < -0.39 is 0 Å². The number of carbonyl (C=O) groups excluding carboxylic acids is 1. The van der Waals surface area contributed by atoms with Gasteiger partial charge in [0.25, 0.3) is 5.91 Å². The summed E-state index contributed by atoms with van der Waals surface area (Å²) in [6, 6.07) is 12.4. The van der Waals surface area contributed by atoms with Gasteiger partial charge < -0.3 is 15.2 Å². The molecule has 0 saturated heterocycles. The average molecular weight is 369 g/mol. The van der Waals surface area contributed by atoms with Crippen molar-refractivity contribution in [2.45, 2.75) is 27.2 Å². The highest BCUT2D eigenvalue weighted by Gasteiger charge is 2.11. The van der Waals surface area contributed by atoms with Gasteiger partial charge in [-0.1, -0.05) is 26.0 Å². The molecule has 0 aliphatic heterocycles. The van der Waals surface area contributed by atoms with E-state index >= 15 is 0 Å². The molecule has 2 aromatic rings. The Bertz CT molecular complexity index is 816. The number of hydrogen-bond acceptors (Lipinski definition) is 5. The number of methoxy groups -OCH3 is 1. The van der Waals surface area contributed by atoms with Crippen molar-refractivity contribution in [2.75, 3.05) is 19.5 Å². The molecule has 0 aliphatic carbocycles. The van der Waals surface area contributed by atoms with Gasteiger partial charge in [0.2, 0.25) is 0 Å². The number of nitrogens with two attached hydrogens (primary N) is 1. The van der Waals surface area contributed by atoms with Crippen molar-refractivity contribution in [1.82, 2.24) is 5.43 Å². The Balaban J connectivity index is 2.06. The van der Waals surface area contributed by atoms with Gasteiger partial charge in [0.15, 0.2) is 11.5 Å². The Labute approximate surface area is 160 Å². The van der Waals surface area contributed by atoms with Gasteiger partial charge in [-0.15, -0.1) is 0 Å². The number of nitrogens with one attached hydrogen (secondary N) is 1. The first kappa shape index (κ1) is 20.3. The Morgan fingerprint density at radius 3 is 2.59 bits per heavy atom. The van der Waals surface area contributed by atoms with Gasteiger partial charge in [-0.2, -0.15) is 5.10 Å². The summed E-state index contributed by atoms with van der Waals surface area (Å²) in [7, 11) is 1.55. The predicted octanol–water partition coefficient (Wildman–Crippen LogP) is 3.86. The summed E-state index contributed by atoms with van der Waals surface area (Å²) in [5.41, 5.74) is 10.9. The Hall–Kier alpha value is -3.02. The van der Waals surface area contributed by atoms with Crippen LogP contribution in [-0.2, 0) is 0 Å². The van der Waals surface area contributed by atoms with Crippen LogP contribution >= 0.6 is 0 Å². The number of hydrazone groups is 1. The number of benzene rings is 2. The summed E-state index contributed by atoms with van der Waals surface area (Å²) in [6.07, 6.45) is 0.948. The molecule has 0 atom stereocenters. The number of ether oxygens (including phenoxy) is 2. The predicted molar refractivity (Wildman–Crippen MR) is 108 cm³/mol. The fourth-order valence-electron chi connectivity index (χ4n) is 2.36. The molecule has 0 spiro atoms. The van der Waals surface area contributed by atoms with Crippen LogP contribution in [0, 0.1) is 5.92 Å². The molecule has 2 aromatic carbocycles. The number of rotatable bonds is 8. The number of hydrogen-bond donors (Lipinski definition) is 2. The van der Waals surface area contributed by atoms with Crippen LogP contribution < -0.4 is 20.6 Å². The summed E-state index contributed by atoms with van der Waals surface area (Å²) in [6.45, 7) is 6.69. The van der Waals surface area contributed by atoms with Crippen LogP contribution in [-0.4, -0.2) is 25.3 Å². The standard InChI is InChI=1S/C21H27N3O3/c1-14(2)10-11-27-19-9-8-17(13-20(19)26-4)21(25)24-23-15(3)16-6-5-7-18(22)12-16/h5-9,12-14H,10-11,22H2,1-4H3,(H,24,25)/b23-15+. The molecule has 2 rings (SSSR count). The number of nitrogens with zero attached hydrogens (tertiary/aromatic N) is 1. The van der Waals surface area contributed by atoms with Crippen LogP contribution in [0.5, 0.6) is 11.5 Å². The van der Waals surface area contributed by atoms with Crippen molar-refractivity contribution in [2.24, 2.45) is 11.0 Å². The van der Waals surface area contributed by atoms with Crippen molar-refractivity contribution < 1.29 is 14.3 Å². The molecule has 3 N–H and O–H groups in total. The molecule has 0 saturated carbocycles. The van der Waals surface area contributed by atoms with E-state index in [2.05, 4.69) is 24.4 Å². The molecule has 0 bridgehead atoms. The van der Waals surface area contributed by atoms with Crippen LogP contribution in [0.1, 0.15) is 43.1 Å². The maximum atomic E-state index is 12.4. The maximum Gasteiger partial charge on any atom is 0.271 e. The van der Waals surface area contributed by atoms with Crippen molar-refractivity contribution in [3.8, 4) is 11.5 Å². The summed E-state index contributed by atoms with van der Waals surface area (Å²) < 4.78 is 11.1. The Morgan fingerprint density at radius 2 is 1.93 bits per heavy atom. The van der Waals surface area contributed by atoms with Crippen molar-refractivity contribution in [3.63, 3.8) is 0 Å². The van der Waals surface area contributed by atoms with Gasteiger partial charge in [0.1, 0.15) is 0 Å². The van der Waals surface area contributed by atoms with Crippen molar-refractivity contribution in [3.05, 3.63) is 53.6 Å². The van der Waals surface area contributed by atoms with Gasteiger partial charge in [-0.3, -0.25) is 4.79 Å². The molecule has 6 heteroatoms. The fourth-order valence-corrected chi connectivity index (χ4v) is 2.36. The Morgan fingerprint density at radius 1 is 1.15 bits per heavy atom. The van der Waals surface area contributed by atoms with Crippen LogP contribution in [0.25, 0.3) is 0 Å². The van der Waals surface area contributed by atoms with Gasteiger partial charge in [0.05, 0.1) is 19.4 Å². The molecular weight excluding hydrogens is 342 g/mol. The molecule has 0 aliphatic rings. The molecule has 6 nitrogen and oxygen atoms in total. The normalized spacial score (nSPS) is 11.4. The second kappa shape index (κ2) is 9.62. The summed E-state index contributed by atoms with van der Waals surface area (Å²) >= 11 is 0. The van der Waals surface area contributed by atoms with Crippen LogP contribution in [0.15, 0.2) is 47.6 Å². The molecule has 1 amide bonds. The lowest BCUT2D eigenvalue weighted by Gasteiger charge is -2.12. The second-order valence-electron chi connectivity index (χ2n) is 6.66. The Kier molecular flexibility index (Phi) is 7.23. The van der Waals surface area contributed by atoms with E-state index in [-0.39, 0.29) is 5.91 Å². The minimum Gasteiger partial charge on any atom is -0.493 e. The van der Waals surface area contributed by atoms with E-state index in [4.69, 9.17) is 15.2 Å². The molecular formula is C21H27N3O3. The van der Waals surface area contributed by atoms with E-state index in [0.717, 1.165) is 12.0 Å². The molecule has 0 aromatic heterocycles. The SMILES string of the molecule is COc1cc(C(=O)N/N=C(\C)c2cccc(N)c2)ccc1OCCC(C)C. The average Bonchev–Trinajstić information content (AvgIpc) is 2.65. The van der Waals surface area contributed by atoms with Gasteiger partial charge in [-0.05, 0) is 55.2 Å². The molecule has 144 valence electrons. The van der Waals surface area contributed by atoms with E-state index in [1.54, 1.807) is 44.4 Å². The van der Waals surface area contributed by atoms with Gasteiger partial charge in [-0.25, -0.2) is 5.43 Å². The topological polar surface area (TPSA) is 85.9 Å². The highest BCUT2D eigenvalue weighted by molar-refractivity contribution is 6.01. The summed E-state index contributed by atoms with van der Waals surface area (Å²) in [5, 5.41) is 4.15. The first-order valence-electron chi connectivity index (χ1n) is 8.92. The number of nitrogen functional groups attached to an aromatic ring is 1. The van der Waals surface area contributed by atoms with Crippen LogP contribution in [0.3, 0.4) is 0 Å². The van der Waals surface area contributed by atoms with Crippen LogP contribution in [0.4, 0.5) is 5.69 Å². The third-order valence-corrected chi connectivity index (χ3v) is 4.01. The van der Waals surface area contributed by atoms with Gasteiger partial charge >= 0.3 is 0 Å².